The Morgan fingerprint density at radius 1 is 1.27 bits per heavy atom. The van der Waals surface area contributed by atoms with Crippen molar-refractivity contribution in [1.82, 2.24) is 0 Å². The number of quaternary nitrogens is 1. The van der Waals surface area contributed by atoms with E-state index in [2.05, 4.69) is 5.32 Å². The van der Waals surface area contributed by atoms with Gasteiger partial charge >= 0.3 is 11.9 Å². The van der Waals surface area contributed by atoms with E-state index in [1.807, 2.05) is 0 Å². The zero-order chi connectivity index (χ0) is 18.5. The van der Waals surface area contributed by atoms with Gasteiger partial charge in [0.2, 0.25) is 5.91 Å². The molecule has 140 valence electrons. The SMILES string of the molecule is CCOC(=O)c1ccc(NC(=O)C[C@@H]2C(=O)OC[C@H]3CCCC[NH+]32)cc1. The molecule has 7 heteroatoms. The molecule has 0 radical (unpaired) electrons. The van der Waals surface area contributed by atoms with E-state index in [9.17, 15) is 14.4 Å². The molecule has 7 nitrogen and oxygen atoms in total. The number of carbonyl (C=O) groups is 3. The van der Waals surface area contributed by atoms with Gasteiger partial charge < -0.3 is 19.7 Å². The number of piperidine rings is 1. The molecule has 0 aliphatic carbocycles. The molecule has 3 rings (SSSR count). The maximum absolute atomic E-state index is 12.4. The highest BCUT2D eigenvalue weighted by Crippen LogP contribution is 2.13. The summed E-state index contributed by atoms with van der Waals surface area (Å²) >= 11 is 0. The van der Waals surface area contributed by atoms with Crippen molar-refractivity contribution in [3.8, 4) is 0 Å². The largest absolute Gasteiger partial charge is 0.462 e. The van der Waals surface area contributed by atoms with Crippen LogP contribution in [0.3, 0.4) is 0 Å². The van der Waals surface area contributed by atoms with Gasteiger partial charge in [-0.25, -0.2) is 9.59 Å². The Kier molecular flexibility index (Phi) is 5.88. The zero-order valence-electron chi connectivity index (χ0n) is 15.0. The average Bonchev–Trinajstić information content (AvgIpc) is 2.65. The number of morpholine rings is 1. The molecule has 2 fully saturated rings. The average molecular weight is 361 g/mol. The minimum Gasteiger partial charge on any atom is -0.462 e. The number of carbonyl (C=O) groups excluding carboxylic acids is 3. The monoisotopic (exact) mass is 361 g/mol. The summed E-state index contributed by atoms with van der Waals surface area (Å²) in [6.45, 7) is 3.43. The molecule has 2 heterocycles. The minimum absolute atomic E-state index is 0.101. The van der Waals surface area contributed by atoms with Crippen molar-refractivity contribution >= 4 is 23.5 Å². The van der Waals surface area contributed by atoms with Crippen LogP contribution in [-0.4, -0.2) is 49.7 Å². The maximum atomic E-state index is 12.4. The minimum atomic E-state index is -0.437. The van der Waals surface area contributed by atoms with Gasteiger partial charge in [-0.3, -0.25) is 4.79 Å². The van der Waals surface area contributed by atoms with Gasteiger partial charge in [-0.15, -0.1) is 0 Å². The van der Waals surface area contributed by atoms with Crippen LogP contribution in [0.15, 0.2) is 24.3 Å². The van der Waals surface area contributed by atoms with E-state index in [1.165, 1.54) is 4.90 Å². The summed E-state index contributed by atoms with van der Waals surface area (Å²) in [5, 5.41) is 2.79. The van der Waals surface area contributed by atoms with Gasteiger partial charge in [-0.1, -0.05) is 0 Å². The molecular weight excluding hydrogens is 336 g/mol. The molecule has 1 amide bonds. The summed E-state index contributed by atoms with van der Waals surface area (Å²) < 4.78 is 10.2. The highest BCUT2D eigenvalue weighted by atomic mass is 16.5. The molecule has 26 heavy (non-hydrogen) atoms. The molecule has 0 spiro atoms. The van der Waals surface area contributed by atoms with Crippen molar-refractivity contribution in [2.24, 2.45) is 0 Å². The van der Waals surface area contributed by atoms with Crippen molar-refractivity contribution in [2.45, 2.75) is 44.7 Å². The number of esters is 2. The number of anilines is 1. The molecule has 0 bridgehead atoms. The second-order valence-corrected chi connectivity index (χ2v) is 6.75. The Labute approximate surface area is 152 Å². The fourth-order valence-electron chi connectivity index (χ4n) is 3.71. The first-order chi connectivity index (χ1) is 12.6. The van der Waals surface area contributed by atoms with E-state index < -0.39 is 12.0 Å². The molecule has 1 unspecified atom stereocenters. The molecule has 0 saturated carbocycles. The lowest BCUT2D eigenvalue weighted by Crippen LogP contribution is -3.22. The van der Waals surface area contributed by atoms with E-state index in [-0.39, 0.29) is 18.3 Å². The van der Waals surface area contributed by atoms with Crippen molar-refractivity contribution in [1.29, 1.82) is 0 Å². The Morgan fingerprint density at radius 3 is 2.77 bits per heavy atom. The fourth-order valence-corrected chi connectivity index (χ4v) is 3.71. The summed E-state index contributed by atoms with van der Waals surface area (Å²) in [6.07, 6.45) is 3.37. The standard InChI is InChI=1S/C19H24N2O5/c1-2-25-18(23)13-6-8-14(9-7-13)20-17(22)11-16-19(24)26-12-15-5-3-4-10-21(15)16/h6-9,15-16H,2-5,10-12H2,1H3,(H,20,22)/p+1/t15-,16-/m1/s1. The number of rotatable bonds is 5. The summed E-state index contributed by atoms with van der Waals surface area (Å²) in [6, 6.07) is 6.39. The molecule has 0 aromatic heterocycles. The van der Waals surface area contributed by atoms with E-state index >= 15 is 0 Å². The molecular formula is C19H25N2O5+. The van der Waals surface area contributed by atoms with Gasteiger partial charge in [0.15, 0.2) is 6.04 Å². The number of ether oxygens (including phenoxy) is 2. The van der Waals surface area contributed by atoms with Crippen LogP contribution in [0.1, 0.15) is 43.0 Å². The highest BCUT2D eigenvalue weighted by Gasteiger charge is 2.43. The van der Waals surface area contributed by atoms with E-state index in [0.29, 0.717) is 30.5 Å². The molecule has 2 saturated heterocycles. The van der Waals surface area contributed by atoms with Crippen LogP contribution < -0.4 is 10.2 Å². The third-order valence-electron chi connectivity index (χ3n) is 5.02. The molecule has 1 aromatic carbocycles. The number of cyclic esters (lactones) is 1. The van der Waals surface area contributed by atoms with Crippen LogP contribution >= 0.6 is 0 Å². The Bertz CT molecular complexity index is 673. The van der Waals surface area contributed by atoms with Crippen LogP contribution in [0, 0.1) is 0 Å². The fraction of sp³-hybridized carbons (Fsp3) is 0.526. The third-order valence-corrected chi connectivity index (χ3v) is 5.02. The van der Waals surface area contributed by atoms with Crippen LogP contribution in [-0.2, 0) is 19.1 Å². The summed E-state index contributed by atoms with van der Waals surface area (Å²) in [4.78, 5) is 37.4. The van der Waals surface area contributed by atoms with Crippen molar-refractivity contribution in [3.63, 3.8) is 0 Å². The lowest BCUT2D eigenvalue weighted by Gasteiger charge is -2.40. The number of fused-ring (bicyclic) bond motifs is 1. The molecule has 2 aliphatic heterocycles. The quantitative estimate of drug-likeness (QED) is 0.749. The predicted molar refractivity (Wildman–Crippen MR) is 93.9 cm³/mol. The van der Waals surface area contributed by atoms with Gasteiger partial charge in [0.25, 0.3) is 0 Å². The van der Waals surface area contributed by atoms with E-state index in [1.54, 1.807) is 31.2 Å². The van der Waals surface area contributed by atoms with E-state index in [4.69, 9.17) is 9.47 Å². The number of amides is 1. The lowest BCUT2D eigenvalue weighted by atomic mass is 9.97. The van der Waals surface area contributed by atoms with Crippen molar-refractivity contribution in [2.75, 3.05) is 25.1 Å². The summed E-state index contributed by atoms with van der Waals surface area (Å²) in [5.41, 5.74) is 1.01. The Balaban J connectivity index is 1.59. The summed E-state index contributed by atoms with van der Waals surface area (Å²) in [5.74, 6) is -0.907. The Morgan fingerprint density at radius 2 is 2.04 bits per heavy atom. The van der Waals surface area contributed by atoms with E-state index in [0.717, 1.165) is 25.8 Å². The first-order valence-corrected chi connectivity index (χ1v) is 9.17. The van der Waals surface area contributed by atoms with Gasteiger partial charge in [-0.2, -0.15) is 0 Å². The third kappa shape index (κ3) is 4.22. The topological polar surface area (TPSA) is 86.1 Å². The molecule has 3 atom stereocenters. The second-order valence-electron chi connectivity index (χ2n) is 6.75. The number of hydrogen-bond donors (Lipinski definition) is 2. The first kappa shape index (κ1) is 18.4. The summed E-state index contributed by atoms with van der Waals surface area (Å²) in [7, 11) is 0. The number of nitrogens with one attached hydrogen (secondary N) is 2. The second kappa shape index (κ2) is 8.31. The number of benzene rings is 1. The van der Waals surface area contributed by atoms with Gasteiger partial charge in [0, 0.05) is 12.1 Å². The van der Waals surface area contributed by atoms with Gasteiger partial charge in [0.05, 0.1) is 25.1 Å². The van der Waals surface area contributed by atoms with Crippen LogP contribution in [0.5, 0.6) is 0 Å². The smallest absolute Gasteiger partial charge is 0.365 e. The van der Waals surface area contributed by atoms with Crippen LogP contribution in [0.25, 0.3) is 0 Å². The van der Waals surface area contributed by atoms with Crippen LogP contribution in [0.2, 0.25) is 0 Å². The van der Waals surface area contributed by atoms with Gasteiger partial charge in [-0.05, 0) is 44.0 Å². The highest BCUT2D eigenvalue weighted by molar-refractivity contribution is 5.95. The molecule has 2 N–H and O–H groups in total. The maximum Gasteiger partial charge on any atom is 0.365 e. The number of hydrogen-bond acceptors (Lipinski definition) is 5. The lowest BCUT2D eigenvalue weighted by molar-refractivity contribution is -0.951. The zero-order valence-corrected chi connectivity index (χ0v) is 15.0. The molecule has 2 aliphatic rings. The van der Waals surface area contributed by atoms with Crippen LogP contribution in [0.4, 0.5) is 5.69 Å². The Hall–Kier alpha value is -2.41. The van der Waals surface area contributed by atoms with Gasteiger partial charge in [0.1, 0.15) is 12.6 Å². The molecule has 1 aromatic rings. The first-order valence-electron chi connectivity index (χ1n) is 9.17. The predicted octanol–water partition coefficient (Wildman–Crippen LogP) is 0.555. The normalized spacial score (nSPS) is 25.0. The van der Waals surface area contributed by atoms with Crippen molar-refractivity contribution in [3.05, 3.63) is 29.8 Å². The van der Waals surface area contributed by atoms with Crippen molar-refractivity contribution < 1.29 is 28.8 Å².